The number of fused-ring (bicyclic) bond motifs is 1. The monoisotopic (exact) mass is 279 g/mol. The normalized spacial score (nSPS) is 20.8. The van der Waals surface area contributed by atoms with Crippen molar-refractivity contribution in [2.75, 3.05) is 6.54 Å². The van der Waals surface area contributed by atoms with E-state index in [1.165, 1.54) is 10.5 Å². The third-order valence-electron chi connectivity index (χ3n) is 3.66. The highest BCUT2D eigenvalue weighted by Gasteiger charge is 2.33. The number of aliphatic carboxylic acids is 1. The predicted octanol–water partition coefficient (Wildman–Crippen LogP) is 2.94. The summed E-state index contributed by atoms with van der Waals surface area (Å²) in [6, 6.07) is 8.42. The van der Waals surface area contributed by atoms with Crippen LogP contribution in [0.1, 0.15) is 32.3 Å². The number of thioether (sulfide) groups is 1. The zero-order valence-electron chi connectivity index (χ0n) is 11.5. The maximum absolute atomic E-state index is 11.4. The molecule has 0 bridgehead atoms. The molecule has 2 rings (SSSR count). The van der Waals surface area contributed by atoms with Gasteiger partial charge in [-0.1, -0.05) is 31.5 Å². The highest BCUT2D eigenvalue weighted by Crippen LogP contribution is 2.36. The average molecular weight is 279 g/mol. The van der Waals surface area contributed by atoms with Crippen LogP contribution in [-0.2, 0) is 11.2 Å². The van der Waals surface area contributed by atoms with E-state index >= 15 is 0 Å². The first-order valence-corrected chi connectivity index (χ1v) is 7.66. The Morgan fingerprint density at radius 3 is 2.89 bits per heavy atom. The summed E-state index contributed by atoms with van der Waals surface area (Å²) in [4.78, 5) is 12.7. The molecule has 4 heteroatoms. The smallest absolute Gasteiger partial charge is 0.323 e. The van der Waals surface area contributed by atoms with Gasteiger partial charge in [-0.15, -0.1) is 11.8 Å². The van der Waals surface area contributed by atoms with Crippen molar-refractivity contribution in [3.63, 3.8) is 0 Å². The Morgan fingerprint density at radius 2 is 2.26 bits per heavy atom. The fourth-order valence-corrected chi connectivity index (χ4v) is 3.73. The lowest BCUT2D eigenvalue weighted by atomic mass is 9.96. The molecule has 3 nitrogen and oxygen atoms in total. The molecular weight excluding hydrogens is 258 g/mol. The van der Waals surface area contributed by atoms with Gasteiger partial charge in [-0.2, -0.15) is 0 Å². The number of rotatable bonds is 6. The Balaban J connectivity index is 1.92. The Kier molecular flexibility index (Phi) is 4.53. The van der Waals surface area contributed by atoms with Crippen molar-refractivity contribution in [3.05, 3.63) is 29.8 Å². The molecule has 104 valence electrons. The lowest BCUT2D eigenvalue weighted by Gasteiger charge is -2.27. The number of carboxylic acid groups (broad SMARTS) is 1. The minimum absolute atomic E-state index is 0.438. The molecule has 1 aromatic carbocycles. The Labute approximate surface area is 118 Å². The Hall–Kier alpha value is -1.00. The van der Waals surface area contributed by atoms with Crippen LogP contribution in [-0.4, -0.2) is 28.4 Å². The highest BCUT2D eigenvalue weighted by atomic mass is 32.2. The zero-order valence-corrected chi connectivity index (χ0v) is 12.3. The van der Waals surface area contributed by atoms with Crippen molar-refractivity contribution < 1.29 is 9.90 Å². The summed E-state index contributed by atoms with van der Waals surface area (Å²) in [6.45, 7) is 4.54. The summed E-state index contributed by atoms with van der Waals surface area (Å²) in [5.74, 6) is -0.755. The van der Waals surface area contributed by atoms with Crippen LogP contribution in [0.25, 0.3) is 0 Å². The number of carbonyl (C=O) groups is 1. The number of hydrogen-bond acceptors (Lipinski definition) is 3. The minimum atomic E-state index is -0.802. The molecule has 19 heavy (non-hydrogen) atoms. The quantitative estimate of drug-likeness (QED) is 0.840. The van der Waals surface area contributed by atoms with E-state index in [4.69, 9.17) is 0 Å². The van der Waals surface area contributed by atoms with Crippen LogP contribution >= 0.6 is 11.8 Å². The molecule has 1 aliphatic rings. The molecule has 2 N–H and O–H groups in total. The molecule has 0 fully saturated rings. The zero-order chi connectivity index (χ0) is 13.9. The van der Waals surface area contributed by atoms with E-state index in [0.29, 0.717) is 11.7 Å². The number of carboxylic acids is 1. The van der Waals surface area contributed by atoms with Gasteiger partial charge in [-0.3, -0.25) is 4.79 Å². The summed E-state index contributed by atoms with van der Waals surface area (Å²) in [7, 11) is 0. The molecule has 0 aromatic heterocycles. The average Bonchev–Trinajstić information content (AvgIpc) is 2.79. The van der Waals surface area contributed by atoms with E-state index in [9.17, 15) is 9.90 Å². The maximum Gasteiger partial charge on any atom is 0.323 e. The molecule has 0 aliphatic carbocycles. The van der Waals surface area contributed by atoms with Crippen molar-refractivity contribution in [3.8, 4) is 0 Å². The molecule has 1 heterocycles. The van der Waals surface area contributed by atoms with E-state index in [1.54, 1.807) is 6.92 Å². The first-order valence-electron chi connectivity index (χ1n) is 6.78. The van der Waals surface area contributed by atoms with Crippen molar-refractivity contribution >= 4 is 17.7 Å². The predicted molar refractivity (Wildman–Crippen MR) is 78.7 cm³/mol. The van der Waals surface area contributed by atoms with Gasteiger partial charge in [0.1, 0.15) is 5.54 Å². The molecule has 2 unspecified atom stereocenters. The third kappa shape index (κ3) is 3.31. The molecule has 0 radical (unpaired) electrons. The lowest BCUT2D eigenvalue weighted by molar-refractivity contribution is -0.144. The van der Waals surface area contributed by atoms with Crippen LogP contribution in [0.15, 0.2) is 29.2 Å². The van der Waals surface area contributed by atoms with Gasteiger partial charge in [0.25, 0.3) is 0 Å². The van der Waals surface area contributed by atoms with E-state index in [-0.39, 0.29) is 0 Å². The van der Waals surface area contributed by atoms with Gasteiger partial charge in [-0.25, -0.2) is 0 Å². The van der Waals surface area contributed by atoms with Gasteiger partial charge in [-0.05, 0) is 31.4 Å². The van der Waals surface area contributed by atoms with E-state index in [0.717, 1.165) is 19.4 Å². The third-order valence-corrected chi connectivity index (χ3v) is 4.97. The SMILES string of the molecule is CCCC(C)(NCC1Cc2ccccc2S1)C(=O)O. The van der Waals surface area contributed by atoms with E-state index in [2.05, 4.69) is 29.6 Å². The highest BCUT2D eigenvalue weighted by molar-refractivity contribution is 8.00. The largest absolute Gasteiger partial charge is 0.480 e. The second-order valence-corrected chi connectivity index (χ2v) is 6.66. The van der Waals surface area contributed by atoms with Gasteiger partial charge < -0.3 is 10.4 Å². The number of hydrogen-bond donors (Lipinski definition) is 2. The summed E-state index contributed by atoms with van der Waals surface area (Å²) in [5, 5.41) is 13.0. The second-order valence-electron chi connectivity index (χ2n) is 5.32. The minimum Gasteiger partial charge on any atom is -0.480 e. The molecule has 0 spiro atoms. The summed E-state index contributed by atoms with van der Waals surface area (Å²) >= 11 is 1.85. The van der Waals surface area contributed by atoms with Crippen molar-refractivity contribution in [1.29, 1.82) is 0 Å². The fourth-order valence-electron chi connectivity index (χ4n) is 2.48. The summed E-state index contributed by atoms with van der Waals surface area (Å²) in [6.07, 6.45) is 2.55. The van der Waals surface area contributed by atoms with Gasteiger partial charge in [0.15, 0.2) is 0 Å². The molecular formula is C15H21NO2S. The first kappa shape index (κ1) is 14.4. The maximum atomic E-state index is 11.4. The van der Waals surface area contributed by atoms with Crippen LogP contribution in [0, 0.1) is 0 Å². The summed E-state index contributed by atoms with van der Waals surface area (Å²) < 4.78 is 0. The standard InChI is InChI=1S/C15H21NO2S/c1-3-8-15(2,14(17)18)16-10-12-9-11-6-4-5-7-13(11)19-12/h4-7,12,16H,3,8-10H2,1-2H3,(H,17,18). The fraction of sp³-hybridized carbons (Fsp3) is 0.533. The molecule has 2 atom stereocenters. The van der Waals surface area contributed by atoms with Crippen LogP contribution in [0.3, 0.4) is 0 Å². The number of benzene rings is 1. The number of nitrogens with one attached hydrogen (secondary N) is 1. The van der Waals surface area contributed by atoms with Crippen LogP contribution in [0.2, 0.25) is 0 Å². The van der Waals surface area contributed by atoms with Crippen LogP contribution in [0.5, 0.6) is 0 Å². The van der Waals surface area contributed by atoms with Gasteiger partial charge in [0.2, 0.25) is 0 Å². The van der Waals surface area contributed by atoms with Crippen molar-refractivity contribution in [2.45, 2.75) is 48.8 Å². The van der Waals surface area contributed by atoms with Gasteiger partial charge >= 0.3 is 5.97 Å². The van der Waals surface area contributed by atoms with Crippen LogP contribution < -0.4 is 5.32 Å². The molecule has 1 aromatic rings. The van der Waals surface area contributed by atoms with Gasteiger partial charge in [0, 0.05) is 16.7 Å². The molecule has 0 saturated carbocycles. The summed E-state index contributed by atoms with van der Waals surface area (Å²) in [5.41, 5.74) is 0.580. The van der Waals surface area contributed by atoms with E-state index < -0.39 is 11.5 Å². The molecule has 0 amide bonds. The first-order chi connectivity index (χ1) is 9.05. The topological polar surface area (TPSA) is 49.3 Å². The van der Waals surface area contributed by atoms with Gasteiger partial charge in [0.05, 0.1) is 0 Å². The van der Waals surface area contributed by atoms with E-state index in [1.807, 2.05) is 18.7 Å². The van der Waals surface area contributed by atoms with Crippen molar-refractivity contribution in [1.82, 2.24) is 5.32 Å². The molecule has 0 saturated heterocycles. The van der Waals surface area contributed by atoms with Crippen molar-refractivity contribution in [2.24, 2.45) is 0 Å². The Bertz CT molecular complexity index is 438. The second kappa shape index (κ2) is 5.97. The Morgan fingerprint density at radius 1 is 1.53 bits per heavy atom. The van der Waals surface area contributed by atoms with Crippen LogP contribution in [0.4, 0.5) is 0 Å². The lowest BCUT2D eigenvalue weighted by Crippen LogP contribution is -2.51. The molecule has 1 aliphatic heterocycles.